The summed E-state index contributed by atoms with van der Waals surface area (Å²) in [5.41, 5.74) is 0.599. The molecule has 0 saturated carbocycles. The molecule has 2 rings (SSSR count). The van der Waals surface area contributed by atoms with Gasteiger partial charge in [-0.05, 0) is 18.4 Å². The number of hydrogen-bond acceptors (Lipinski definition) is 3. The number of aryl methyl sites for hydroxylation is 1. The van der Waals surface area contributed by atoms with E-state index in [0.29, 0.717) is 39.0 Å². The summed E-state index contributed by atoms with van der Waals surface area (Å²) in [6, 6.07) is 9.66. The van der Waals surface area contributed by atoms with Gasteiger partial charge in [0.25, 0.3) is 0 Å². The molecule has 0 N–H and O–H groups in total. The monoisotopic (exact) mass is 352 g/mol. The van der Waals surface area contributed by atoms with Crippen molar-refractivity contribution in [1.82, 2.24) is 9.21 Å². The highest BCUT2D eigenvalue weighted by Gasteiger charge is 2.31. The lowest BCUT2D eigenvalue weighted by Gasteiger charge is -2.28. The quantitative estimate of drug-likeness (QED) is 0.834. The first kappa shape index (κ1) is 18.9. The first-order valence-corrected chi connectivity index (χ1v) is 10.1. The number of rotatable bonds is 4. The zero-order chi connectivity index (χ0) is 17.8. The highest BCUT2D eigenvalue weighted by Crippen LogP contribution is 2.19. The largest absolute Gasteiger partial charge is 0.341 e. The Morgan fingerprint density at radius 3 is 2.33 bits per heavy atom. The molecule has 0 unspecified atom stereocenters. The van der Waals surface area contributed by atoms with Crippen LogP contribution in [0.3, 0.4) is 0 Å². The predicted molar refractivity (Wildman–Crippen MR) is 96.2 cm³/mol. The van der Waals surface area contributed by atoms with Crippen molar-refractivity contribution in [3.05, 3.63) is 35.9 Å². The van der Waals surface area contributed by atoms with Crippen molar-refractivity contribution in [2.24, 2.45) is 5.41 Å². The van der Waals surface area contributed by atoms with Gasteiger partial charge in [0.2, 0.25) is 15.9 Å². The van der Waals surface area contributed by atoms with Crippen molar-refractivity contribution in [3.8, 4) is 0 Å². The van der Waals surface area contributed by atoms with Crippen LogP contribution < -0.4 is 0 Å². The molecule has 0 atom stereocenters. The molecular formula is C18H28N2O3S. The molecule has 0 aliphatic carbocycles. The van der Waals surface area contributed by atoms with E-state index in [4.69, 9.17) is 0 Å². The molecule has 1 aliphatic rings. The zero-order valence-electron chi connectivity index (χ0n) is 14.9. The van der Waals surface area contributed by atoms with Gasteiger partial charge < -0.3 is 4.90 Å². The fraction of sp³-hybridized carbons (Fsp3) is 0.611. The van der Waals surface area contributed by atoms with Gasteiger partial charge in [0.15, 0.2) is 0 Å². The Balaban J connectivity index is 1.96. The van der Waals surface area contributed by atoms with E-state index >= 15 is 0 Å². The SMILES string of the molecule is CC(C)(C)C(=O)N1CCCN(S(=O)(=O)CCc2ccccc2)CC1. The highest BCUT2D eigenvalue weighted by atomic mass is 32.2. The second-order valence-electron chi connectivity index (χ2n) is 7.35. The molecule has 0 radical (unpaired) electrons. The van der Waals surface area contributed by atoms with Crippen LogP contribution in [-0.2, 0) is 21.2 Å². The van der Waals surface area contributed by atoms with Crippen molar-refractivity contribution >= 4 is 15.9 Å². The van der Waals surface area contributed by atoms with E-state index in [1.807, 2.05) is 51.1 Å². The van der Waals surface area contributed by atoms with Crippen LogP contribution in [0.1, 0.15) is 32.8 Å². The predicted octanol–water partition coefficient (Wildman–Crippen LogP) is 2.14. The average Bonchev–Trinajstić information content (AvgIpc) is 2.79. The Morgan fingerprint density at radius 2 is 1.71 bits per heavy atom. The lowest BCUT2D eigenvalue weighted by molar-refractivity contribution is -0.139. The van der Waals surface area contributed by atoms with E-state index in [1.165, 1.54) is 0 Å². The second kappa shape index (κ2) is 7.66. The highest BCUT2D eigenvalue weighted by molar-refractivity contribution is 7.89. The number of benzene rings is 1. The molecule has 1 heterocycles. The molecule has 134 valence electrons. The van der Waals surface area contributed by atoms with Crippen LogP contribution >= 0.6 is 0 Å². The van der Waals surface area contributed by atoms with Crippen molar-refractivity contribution in [3.63, 3.8) is 0 Å². The van der Waals surface area contributed by atoms with E-state index in [9.17, 15) is 13.2 Å². The fourth-order valence-corrected chi connectivity index (χ4v) is 4.39. The smallest absolute Gasteiger partial charge is 0.227 e. The van der Waals surface area contributed by atoms with Crippen molar-refractivity contribution in [1.29, 1.82) is 0 Å². The minimum absolute atomic E-state index is 0.0889. The Morgan fingerprint density at radius 1 is 1.04 bits per heavy atom. The molecule has 5 nitrogen and oxygen atoms in total. The second-order valence-corrected chi connectivity index (χ2v) is 9.43. The number of carbonyl (C=O) groups is 1. The third kappa shape index (κ3) is 5.05. The third-order valence-electron chi connectivity index (χ3n) is 4.27. The lowest BCUT2D eigenvalue weighted by atomic mass is 9.94. The van der Waals surface area contributed by atoms with Crippen molar-refractivity contribution < 1.29 is 13.2 Å². The topological polar surface area (TPSA) is 57.7 Å². The lowest BCUT2D eigenvalue weighted by Crippen LogP contribution is -2.42. The Hall–Kier alpha value is -1.40. The average molecular weight is 353 g/mol. The molecule has 1 saturated heterocycles. The van der Waals surface area contributed by atoms with Crippen LogP contribution in [0.25, 0.3) is 0 Å². The molecule has 1 fully saturated rings. The summed E-state index contributed by atoms with van der Waals surface area (Å²) < 4.78 is 26.8. The first-order valence-electron chi connectivity index (χ1n) is 8.51. The fourth-order valence-electron chi connectivity index (χ4n) is 2.87. The summed E-state index contributed by atoms with van der Waals surface area (Å²) in [4.78, 5) is 14.2. The first-order chi connectivity index (χ1) is 11.2. The normalized spacial score (nSPS) is 17.5. The molecule has 1 aromatic carbocycles. The van der Waals surface area contributed by atoms with Crippen LogP contribution in [0.15, 0.2) is 30.3 Å². The maximum Gasteiger partial charge on any atom is 0.227 e. The molecule has 0 aromatic heterocycles. The summed E-state index contributed by atoms with van der Waals surface area (Å²) in [6.45, 7) is 7.67. The summed E-state index contributed by atoms with van der Waals surface area (Å²) in [5, 5.41) is 0. The van der Waals surface area contributed by atoms with E-state index in [-0.39, 0.29) is 11.7 Å². The number of hydrogen-bond donors (Lipinski definition) is 0. The third-order valence-corrected chi connectivity index (χ3v) is 6.14. The van der Waals surface area contributed by atoms with E-state index < -0.39 is 15.4 Å². The summed E-state index contributed by atoms with van der Waals surface area (Å²) in [5.74, 6) is 0.204. The van der Waals surface area contributed by atoms with Gasteiger partial charge >= 0.3 is 0 Å². The Bertz CT molecular complexity index is 651. The summed E-state index contributed by atoms with van der Waals surface area (Å²) >= 11 is 0. The number of nitrogens with zero attached hydrogens (tertiary/aromatic N) is 2. The summed E-state index contributed by atoms with van der Waals surface area (Å²) in [7, 11) is -3.29. The molecule has 1 amide bonds. The van der Waals surface area contributed by atoms with Gasteiger partial charge in [0.05, 0.1) is 5.75 Å². The van der Waals surface area contributed by atoms with E-state index in [1.54, 1.807) is 9.21 Å². The maximum absolute atomic E-state index is 12.6. The standard InChI is InChI=1S/C18H28N2O3S/c1-18(2,3)17(21)19-11-7-12-20(14-13-19)24(22,23)15-10-16-8-5-4-6-9-16/h4-6,8-9H,7,10-15H2,1-3H3. The molecular weight excluding hydrogens is 324 g/mol. The van der Waals surface area contributed by atoms with Gasteiger partial charge in [-0.2, -0.15) is 0 Å². The minimum atomic E-state index is -3.29. The zero-order valence-corrected chi connectivity index (χ0v) is 15.7. The van der Waals surface area contributed by atoms with Crippen LogP contribution in [0, 0.1) is 5.41 Å². The van der Waals surface area contributed by atoms with Gasteiger partial charge in [-0.1, -0.05) is 51.1 Å². The van der Waals surface area contributed by atoms with Crippen LogP contribution in [0.4, 0.5) is 0 Å². The maximum atomic E-state index is 12.6. The molecule has 1 aliphatic heterocycles. The number of amides is 1. The van der Waals surface area contributed by atoms with Gasteiger partial charge in [-0.25, -0.2) is 12.7 Å². The molecule has 24 heavy (non-hydrogen) atoms. The van der Waals surface area contributed by atoms with Crippen LogP contribution in [0.2, 0.25) is 0 Å². The van der Waals surface area contributed by atoms with Gasteiger partial charge in [0.1, 0.15) is 0 Å². The number of carbonyl (C=O) groups excluding carboxylic acids is 1. The van der Waals surface area contributed by atoms with E-state index in [0.717, 1.165) is 5.56 Å². The molecule has 1 aromatic rings. The Labute approximate surface area is 145 Å². The van der Waals surface area contributed by atoms with Gasteiger partial charge in [-0.15, -0.1) is 0 Å². The molecule has 6 heteroatoms. The molecule has 0 spiro atoms. The molecule has 0 bridgehead atoms. The van der Waals surface area contributed by atoms with Crippen molar-refractivity contribution in [2.45, 2.75) is 33.6 Å². The minimum Gasteiger partial charge on any atom is -0.341 e. The number of sulfonamides is 1. The Kier molecular flexibility index (Phi) is 6.04. The van der Waals surface area contributed by atoms with Gasteiger partial charge in [-0.3, -0.25) is 4.79 Å². The van der Waals surface area contributed by atoms with Crippen LogP contribution in [-0.4, -0.2) is 55.5 Å². The van der Waals surface area contributed by atoms with Crippen molar-refractivity contribution in [2.75, 3.05) is 31.9 Å². The van der Waals surface area contributed by atoms with Crippen LogP contribution in [0.5, 0.6) is 0 Å². The summed E-state index contributed by atoms with van der Waals surface area (Å²) in [6.07, 6.45) is 1.21. The van der Waals surface area contributed by atoms with Gasteiger partial charge in [0, 0.05) is 31.6 Å². The van der Waals surface area contributed by atoms with E-state index in [2.05, 4.69) is 0 Å².